The third-order valence-corrected chi connectivity index (χ3v) is 13.7. The number of imide groups is 4. The van der Waals surface area contributed by atoms with Crippen molar-refractivity contribution in [3.63, 3.8) is 0 Å². The topological polar surface area (TPSA) is 310 Å². The Labute approximate surface area is 542 Å². The van der Waals surface area contributed by atoms with E-state index in [1.54, 1.807) is 0 Å². The molecule has 510 valence electrons. The van der Waals surface area contributed by atoms with Crippen LogP contribution in [0.25, 0.3) is 0 Å². The molecule has 38 heteroatoms. The fourth-order valence-electron chi connectivity index (χ4n) is 9.79. The molecule has 0 saturated heterocycles. The van der Waals surface area contributed by atoms with E-state index in [4.69, 9.17) is 0 Å². The Kier molecular flexibility index (Phi) is 22.9. The first-order valence-electron chi connectivity index (χ1n) is 25.4. The van der Waals surface area contributed by atoms with Gasteiger partial charge in [0, 0.05) is 0 Å². The van der Waals surface area contributed by atoms with Crippen molar-refractivity contribution in [3.05, 3.63) is 138 Å². The zero-order valence-corrected chi connectivity index (χ0v) is 52.6. The molecule has 0 aromatic heterocycles. The van der Waals surface area contributed by atoms with E-state index in [1.165, 1.54) is 83.1 Å². The van der Waals surface area contributed by atoms with Gasteiger partial charge in [0.15, 0.2) is 93.1 Å². The fraction of sp³-hybridized carbons (Fsp3) is 0.357. The van der Waals surface area contributed by atoms with Crippen molar-refractivity contribution < 1.29 is 187 Å². The van der Waals surface area contributed by atoms with Gasteiger partial charge in [-0.3, -0.25) is 58.0 Å². The van der Waals surface area contributed by atoms with Crippen LogP contribution < -0.4 is 20.4 Å². The molecular weight excluding hydrogens is 1490 g/mol. The van der Waals surface area contributed by atoms with Gasteiger partial charge >= 0.3 is 39.0 Å². The summed E-state index contributed by atoms with van der Waals surface area (Å²) in [5, 5.41) is 45.1. The minimum atomic E-state index is -2.26. The molecule has 2 radical (unpaired) electrons. The molecule has 8 rings (SSSR count). The zero-order valence-electron chi connectivity index (χ0n) is 49.3. The Hall–Kier alpha value is -8.55. The van der Waals surface area contributed by atoms with E-state index in [2.05, 4.69) is 0 Å². The van der Waals surface area contributed by atoms with Crippen molar-refractivity contribution in [2.24, 2.45) is 21.7 Å². The van der Waals surface area contributed by atoms with Gasteiger partial charge in [0.25, 0.3) is 47.3 Å². The number of hydrogen-bond donors (Lipinski definition) is 0. The van der Waals surface area contributed by atoms with Gasteiger partial charge in [0.05, 0.1) is 92.6 Å². The summed E-state index contributed by atoms with van der Waals surface area (Å²) in [5.41, 5.74) is -15.7. The van der Waals surface area contributed by atoms with Crippen LogP contribution in [0.15, 0.2) is 0 Å². The van der Waals surface area contributed by atoms with Crippen molar-refractivity contribution in [3.8, 4) is 0 Å². The van der Waals surface area contributed by atoms with Crippen LogP contribution in [0.3, 0.4) is 0 Å². The molecule has 0 spiro atoms. The van der Waals surface area contributed by atoms with E-state index in [9.17, 15) is 148 Å². The number of carboxylic acids is 4. The number of carbonyl (C=O) groups excluding carboxylic acids is 12. The van der Waals surface area contributed by atoms with Gasteiger partial charge in [-0.15, -0.1) is 0 Å². The summed E-state index contributed by atoms with van der Waals surface area (Å²) in [7, 11) is 0. The van der Waals surface area contributed by atoms with Crippen LogP contribution >= 0.6 is 0 Å². The maximum absolute atomic E-state index is 13.8. The minimum absolute atomic E-state index is 0. The molecule has 4 aliphatic rings. The van der Waals surface area contributed by atoms with Crippen LogP contribution in [0, 0.1) is 115 Å². The van der Waals surface area contributed by atoms with E-state index >= 15 is 0 Å². The third-order valence-electron chi connectivity index (χ3n) is 13.7. The summed E-state index contributed by atoms with van der Waals surface area (Å²) >= 11 is 0. The van der Waals surface area contributed by atoms with E-state index in [-0.39, 0.29) is 58.6 Å². The number of carbonyl (C=O) groups is 12. The summed E-state index contributed by atoms with van der Waals surface area (Å²) in [6, 6.07) is -7.56. The number of nitrogens with zero attached hydrogens (tertiary/aromatic N) is 4. The van der Waals surface area contributed by atoms with Crippen molar-refractivity contribution in [1.82, 2.24) is 19.6 Å². The number of amides is 8. The standard InChI is InChI=1S/4C14H11F4NO4.2Rh/c4*1-14(2,3)10(13(22)23)19-11(20)4-5(12(19)21)7(16)9(18)8(17)6(4)15;;/h4*10H,1-3H3,(H,22,23);;/q;;;;2*+2/p-4. The van der Waals surface area contributed by atoms with Crippen LogP contribution in [0.4, 0.5) is 70.2 Å². The van der Waals surface area contributed by atoms with E-state index < -0.39 is 255 Å². The van der Waals surface area contributed by atoms with Gasteiger partial charge in [-0.25, -0.2) is 70.2 Å². The number of aliphatic carboxylic acids is 4. The van der Waals surface area contributed by atoms with Crippen LogP contribution in [0.1, 0.15) is 166 Å². The number of fused-ring (bicyclic) bond motifs is 4. The van der Waals surface area contributed by atoms with Gasteiger partial charge in [-0.1, -0.05) is 83.1 Å². The average molecular weight is 1530 g/mol. The largest absolute Gasteiger partial charge is 2.00 e. The first-order valence-corrected chi connectivity index (χ1v) is 25.4. The summed E-state index contributed by atoms with van der Waals surface area (Å²) in [5.74, 6) is -54.4. The van der Waals surface area contributed by atoms with Gasteiger partial charge < -0.3 is 39.6 Å². The minimum Gasteiger partial charge on any atom is -0.548 e. The van der Waals surface area contributed by atoms with Crippen molar-refractivity contribution in [2.75, 3.05) is 0 Å². The van der Waals surface area contributed by atoms with Crippen LogP contribution in [-0.2, 0) is 58.1 Å². The average Bonchev–Trinajstić information content (AvgIpc) is 1.61. The van der Waals surface area contributed by atoms with E-state index in [1.807, 2.05) is 0 Å². The molecule has 4 heterocycles. The first-order chi connectivity index (χ1) is 41.6. The van der Waals surface area contributed by atoms with Crippen LogP contribution in [0.5, 0.6) is 0 Å². The number of rotatable bonds is 8. The monoisotopic (exact) mass is 1530 g/mol. The predicted octanol–water partition coefficient (Wildman–Crippen LogP) is 4.01. The Morgan fingerprint density at radius 1 is 0.234 bits per heavy atom. The van der Waals surface area contributed by atoms with Gasteiger partial charge in [0.1, 0.15) is 0 Å². The van der Waals surface area contributed by atoms with Crippen molar-refractivity contribution in [1.29, 1.82) is 0 Å². The number of benzene rings is 4. The molecule has 4 unspecified atom stereocenters. The normalized spacial score (nSPS) is 15.5. The molecule has 4 aromatic carbocycles. The molecular formula is C56H40F16N4O16Rh2. The molecule has 0 N–H and O–H groups in total. The van der Waals surface area contributed by atoms with Crippen LogP contribution in [0.2, 0.25) is 0 Å². The Morgan fingerprint density at radius 3 is 0.383 bits per heavy atom. The molecule has 0 fully saturated rings. The number of halogens is 16. The van der Waals surface area contributed by atoms with Gasteiger partial charge in [-0.05, 0) is 21.7 Å². The van der Waals surface area contributed by atoms with E-state index in [0.29, 0.717) is 0 Å². The molecule has 94 heavy (non-hydrogen) atoms. The van der Waals surface area contributed by atoms with Crippen molar-refractivity contribution >= 4 is 71.1 Å². The summed E-state index contributed by atoms with van der Waals surface area (Å²) in [6.07, 6.45) is 0. The first kappa shape index (κ1) is 79.7. The molecule has 8 amide bonds. The zero-order chi connectivity index (χ0) is 71.4. The van der Waals surface area contributed by atoms with Gasteiger partial charge in [-0.2, -0.15) is 0 Å². The Balaban J connectivity index is 0.000000325. The molecule has 4 aliphatic heterocycles. The number of carboxylic acid groups (broad SMARTS) is 4. The fourth-order valence-corrected chi connectivity index (χ4v) is 9.79. The SMILES string of the molecule is CC(C)(C)C(C(=O)[O-])N1C(=O)c2c(F)c(F)c(F)c(F)c2C1=O.CC(C)(C)C(C(=O)[O-])N1C(=O)c2c(F)c(F)c(F)c(F)c2C1=O.CC(C)(C)C(C(=O)[O-])N1C(=O)c2c(F)c(F)c(F)c(F)c2C1=O.CC(C)(C)C(C(=O)[O-])N1C(=O)c2c(F)c(F)c(F)c(F)c2C1=O.[Rh+2].[Rh+2]. The second-order valence-electron chi connectivity index (χ2n) is 24.3. The molecule has 0 aliphatic carbocycles. The molecule has 0 saturated carbocycles. The van der Waals surface area contributed by atoms with Crippen molar-refractivity contribution in [2.45, 2.75) is 107 Å². The molecule has 4 atom stereocenters. The second kappa shape index (κ2) is 27.0. The van der Waals surface area contributed by atoms with Gasteiger partial charge in [0.2, 0.25) is 0 Å². The quantitative estimate of drug-likeness (QED) is 0.0791. The Morgan fingerprint density at radius 2 is 0.319 bits per heavy atom. The van der Waals surface area contributed by atoms with E-state index in [0.717, 1.165) is 0 Å². The second-order valence-corrected chi connectivity index (χ2v) is 24.3. The van der Waals surface area contributed by atoms with Crippen LogP contribution in [-0.4, -0.2) is 115 Å². The third kappa shape index (κ3) is 13.2. The summed E-state index contributed by atoms with van der Waals surface area (Å²) in [6.45, 7) is 16.1. The molecule has 4 aromatic rings. The summed E-state index contributed by atoms with van der Waals surface area (Å²) < 4.78 is 216. The predicted molar refractivity (Wildman–Crippen MR) is 260 cm³/mol. The summed E-state index contributed by atoms with van der Waals surface area (Å²) in [4.78, 5) is 143. The smallest absolute Gasteiger partial charge is 0.548 e. The maximum Gasteiger partial charge on any atom is 2.00 e. The molecule has 20 nitrogen and oxygen atoms in total. The maximum atomic E-state index is 13.8. The Bertz CT molecular complexity index is 3350. The molecule has 0 bridgehead atoms. The number of hydrogen-bond acceptors (Lipinski definition) is 16.